The minimum Gasteiger partial charge on any atom is -0.467 e. The van der Waals surface area contributed by atoms with E-state index in [4.69, 9.17) is 4.42 Å². The molecular weight excluding hydrogens is 454 g/mol. The smallest absolute Gasteiger partial charge is 0.255 e. The number of para-hydroxylation sites is 1. The van der Waals surface area contributed by atoms with Crippen LogP contribution in [0.1, 0.15) is 66.3 Å². The first-order chi connectivity index (χ1) is 17.3. The number of amides is 3. The average Bonchev–Trinajstić information content (AvgIpc) is 3.38. The van der Waals surface area contributed by atoms with E-state index in [-0.39, 0.29) is 24.3 Å². The Morgan fingerprint density at radius 3 is 2.25 bits per heavy atom. The zero-order chi connectivity index (χ0) is 25.7. The van der Waals surface area contributed by atoms with Gasteiger partial charge in [-0.25, -0.2) is 0 Å². The molecule has 7 nitrogen and oxygen atoms in total. The summed E-state index contributed by atoms with van der Waals surface area (Å²) in [4.78, 5) is 41.5. The molecule has 4 rings (SSSR count). The molecule has 1 saturated carbocycles. The van der Waals surface area contributed by atoms with E-state index >= 15 is 0 Å². The molecule has 0 atom stereocenters. The maximum absolute atomic E-state index is 14.1. The number of carbonyl (C=O) groups is 3. The fourth-order valence-electron chi connectivity index (χ4n) is 5.06. The molecule has 3 aromatic rings. The number of aryl methyl sites for hydroxylation is 2. The first-order valence-electron chi connectivity index (χ1n) is 12.4. The Kier molecular flexibility index (Phi) is 7.58. The van der Waals surface area contributed by atoms with Gasteiger partial charge in [-0.1, -0.05) is 43.5 Å². The van der Waals surface area contributed by atoms with Crippen LogP contribution in [0.2, 0.25) is 0 Å². The van der Waals surface area contributed by atoms with E-state index in [1.807, 2.05) is 38.1 Å². The lowest BCUT2D eigenvalue weighted by atomic mass is 9.78. The summed E-state index contributed by atoms with van der Waals surface area (Å²) in [6.45, 7) is 5.52. The number of furan rings is 1. The quantitative estimate of drug-likeness (QED) is 0.438. The van der Waals surface area contributed by atoms with Crippen molar-refractivity contribution in [1.82, 2.24) is 4.90 Å². The zero-order valence-electron chi connectivity index (χ0n) is 21.1. The van der Waals surface area contributed by atoms with E-state index in [0.29, 0.717) is 29.9 Å². The van der Waals surface area contributed by atoms with Gasteiger partial charge in [0.25, 0.3) is 5.91 Å². The van der Waals surface area contributed by atoms with Crippen molar-refractivity contribution < 1.29 is 18.8 Å². The van der Waals surface area contributed by atoms with E-state index in [0.717, 1.165) is 36.1 Å². The van der Waals surface area contributed by atoms with Crippen LogP contribution in [0.5, 0.6) is 0 Å². The summed E-state index contributed by atoms with van der Waals surface area (Å²) in [5, 5.41) is 5.91. The van der Waals surface area contributed by atoms with Gasteiger partial charge in [0.2, 0.25) is 11.8 Å². The lowest BCUT2D eigenvalue weighted by Gasteiger charge is -2.45. The van der Waals surface area contributed by atoms with Crippen molar-refractivity contribution in [3.63, 3.8) is 0 Å². The molecular formula is C29H33N3O4. The van der Waals surface area contributed by atoms with E-state index in [1.165, 1.54) is 6.92 Å². The first-order valence-corrected chi connectivity index (χ1v) is 12.4. The molecule has 1 aromatic heterocycles. The average molecular weight is 488 g/mol. The number of nitrogens with one attached hydrogen (secondary N) is 2. The third-order valence-electron chi connectivity index (χ3n) is 6.91. The standard InChI is InChI=1S/C29H33N3O4/c1-20-10-7-11-21(2)26(20)31-28(35)29(15-5-4-6-16-29)32(19-25-14-9-17-36-25)27(34)23-12-8-13-24(18-23)30-22(3)33/h7-14,17-18H,4-6,15-16,19H2,1-3H3,(H,30,33)(H,31,35). The minimum absolute atomic E-state index is 0.163. The summed E-state index contributed by atoms with van der Waals surface area (Å²) in [5.74, 6) is -0.0790. The Bertz CT molecular complexity index is 1220. The fraction of sp³-hybridized carbons (Fsp3) is 0.345. The second kappa shape index (κ2) is 10.8. The van der Waals surface area contributed by atoms with E-state index in [2.05, 4.69) is 10.6 Å². The van der Waals surface area contributed by atoms with Gasteiger partial charge < -0.3 is 20.0 Å². The highest BCUT2D eigenvalue weighted by atomic mass is 16.3. The molecule has 0 unspecified atom stereocenters. The largest absolute Gasteiger partial charge is 0.467 e. The third-order valence-corrected chi connectivity index (χ3v) is 6.91. The second-order valence-corrected chi connectivity index (χ2v) is 9.55. The van der Waals surface area contributed by atoms with Crippen LogP contribution in [0.25, 0.3) is 0 Å². The monoisotopic (exact) mass is 487 g/mol. The van der Waals surface area contributed by atoms with E-state index in [1.54, 1.807) is 41.5 Å². The van der Waals surface area contributed by atoms with Crippen molar-refractivity contribution in [3.8, 4) is 0 Å². The summed E-state index contributed by atoms with van der Waals surface area (Å²) in [7, 11) is 0. The lowest BCUT2D eigenvalue weighted by Crippen LogP contribution is -2.59. The highest BCUT2D eigenvalue weighted by Crippen LogP contribution is 2.38. The Hall–Kier alpha value is -3.87. The van der Waals surface area contributed by atoms with E-state index < -0.39 is 5.54 Å². The van der Waals surface area contributed by atoms with Gasteiger partial charge in [0.15, 0.2) is 0 Å². The van der Waals surface area contributed by atoms with Gasteiger partial charge in [-0.2, -0.15) is 0 Å². The Labute approximate surface area is 211 Å². The number of hydrogen-bond acceptors (Lipinski definition) is 4. The summed E-state index contributed by atoms with van der Waals surface area (Å²) in [5.41, 5.74) is 2.62. The second-order valence-electron chi connectivity index (χ2n) is 9.55. The molecule has 36 heavy (non-hydrogen) atoms. The van der Waals surface area contributed by atoms with Crippen molar-refractivity contribution in [3.05, 3.63) is 83.3 Å². The van der Waals surface area contributed by atoms with Crippen molar-refractivity contribution >= 4 is 29.1 Å². The van der Waals surface area contributed by atoms with Crippen LogP contribution in [0.3, 0.4) is 0 Å². The molecule has 1 aliphatic carbocycles. The molecule has 2 aromatic carbocycles. The van der Waals surface area contributed by atoms with E-state index in [9.17, 15) is 14.4 Å². The predicted octanol–water partition coefficient (Wildman–Crippen LogP) is 5.84. The SMILES string of the molecule is CC(=O)Nc1cccc(C(=O)N(Cc2ccco2)C2(C(=O)Nc3c(C)cccc3C)CCCCC2)c1. The molecule has 0 saturated heterocycles. The molecule has 7 heteroatoms. The molecule has 1 heterocycles. The molecule has 0 radical (unpaired) electrons. The highest BCUT2D eigenvalue weighted by molar-refractivity contribution is 6.05. The molecule has 1 fully saturated rings. The van der Waals surface area contributed by atoms with Gasteiger partial charge >= 0.3 is 0 Å². The predicted molar refractivity (Wildman–Crippen MR) is 140 cm³/mol. The zero-order valence-corrected chi connectivity index (χ0v) is 21.1. The molecule has 0 aliphatic heterocycles. The van der Waals surface area contributed by atoms with Crippen molar-refractivity contribution in [2.24, 2.45) is 0 Å². The van der Waals surface area contributed by atoms with Gasteiger partial charge in [-0.15, -0.1) is 0 Å². The fourth-order valence-corrected chi connectivity index (χ4v) is 5.06. The van der Waals surface area contributed by atoms with Crippen LogP contribution in [-0.4, -0.2) is 28.2 Å². The van der Waals surface area contributed by atoms with Crippen LogP contribution >= 0.6 is 0 Å². The topological polar surface area (TPSA) is 91.7 Å². The van der Waals surface area contributed by atoms with Crippen molar-refractivity contribution in [2.45, 2.75) is 65.0 Å². The minimum atomic E-state index is -1.04. The number of rotatable bonds is 7. The van der Waals surface area contributed by atoms with Crippen LogP contribution in [-0.2, 0) is 16.1 Å². The van der Waals surface area contributed by atoms with Crippen LogP contribution in [0, 0.1) is 13.8 Å². The first kappa shape index (κ1) is 25.2. The normalized spacial score (nSPS) is 14.6. The van der Waals surface area contributed by atoms with Gasteiger partial charge in [0.05, 0.1) is 12.8 Å². The Morgan fingerprint density at radius 1 is 0.917 bits per heavy atom. The van der Waals surface area contributed by atoms with Crippen LogP contribution in [0.4, 0.5) is 11.4 Å². The molecule has 2 N–H and O–H groups in total. The van der Waals surface area contributed by atoms with Crippen LogP contribution < -0.4 is 10.6 Å². The molecule has 3 amide bonds. The number of hydrogen-bond donors (Lipinski definition) is 2. The van der Waals surface area contributed by atoms with Crippen molar-refractivity contribution in [2.75, 3.05) is 10.6 Å². The molecule has 0 spiro atoms. The number of carbonyl (C=O) groups excluding carboxylic acids is 3. The lowest BCUT2D eigenvalue weighted by molar-refractivity contribution is -0.129. The summed E-state index contributed by atoms with van der Waals surface area (Å²) in [6.07, 6.45) is 5.38. The maximum Gasteiger partial charge on any atom is 0.255 e. The van der Waals surface area contributed by atoms with Gasteiger partial charge in [0.1, 0.15) is 11.3 Å². The summed E-state index contributed by atoms with van der Waals surface area (Å²) in [6, 6.07) is 16.3. The van der Waals surface area contributed by atoms with Gasteiger partial charge in [0, 0.05) is 23.9 Å². The maximum atomic E-state index is 14.1. The summed E-state index contributed by atoms with van der Waals surface area (Å²) >= 11 is 0. The van der Waals surface area contributed by atoms with Crippen molar-refractivity contribution in [1.29, 1.82) is 0 Å². The Balaban J connectivity index is 1.76. The summed E-state index contributed by atoms with van der Waals surface area (Å²) < 4.78 is 5.62. The number of benzene rings is 2. The molecule has 0 bridgehead atoms. The Morgan fingerprint density at radius 2 is 1.61 bits per heavy atom. The third kappa shape index (κ3) is 5.35. The van der Waals surface area contributed by atoms with Gasteiger partial charge in [-0.05, 0) is 68.1 Å². The molecule has 188 valence electrons. The number of nitrogens with zero attached hydrogens (tertiary/aromatic N) is 1. The van der Waals surface area contributed by atoms with Crippen LogP contribution in [0.15, 0.2) is 65.3 Å². The molecule has 1 aliphatic rings. The highest BCUT2D eigenvalue weighted by Gasteiger charge is 2.47. The number of anilines is 2. The van der Waals surface area contributed by atoms with Gasteiger partial charge in [-0.3, -0.25) is 14.4 Å².